The number of rotatable bonds is 4. The lowest BCUT2D eigenvalue weighted by molar-refractivity contribution is 0.301. The van der Waals surface area contributed by atoms with Gasteiger partial charge in [0.2, 0.25) is 0 Å². The average molecular weight is 276 g/mol. The number of para-hydroxylation sites is 2. The normalized spacial score (nSPS) is 10.1. The van der Waals surface area contributed by atoms with E-state index in [1.807, 2.05) is 84.9 Å². The van der Waals surface area contributed by atoms with Gasteiger partial charge in [-0.3, -0.25) is 5.21 Å². The standard InChI is InChI=1S/C18H16N2O/c21-20(17-9-5-2-6-10-17)18-13-11-16(12-14-18)19-15-7-3-1-4-8-15/h1-14,19,21H. The Morgan fingerprint density at radius 2 is 1.05 bits per heavy atom. The molecule has 0 saturated carbocycles. The van der Waals surface area contributed by atoms with E-state index in [0.29, 0.717) is 0 Å². The number of anilines is 4. The zero-order chi connectivity index (χ0) is 14.5. The maximum Gasteiger partial charge on any atom is 0.0694 e. The van der Waals surface area contributed by atoms with Gasteiger partial charge in [-0.05, 0) is 48.5 Å². The second-order valence-corrected chi connectivity index (χ2v) is 4.69. The third-order valence-corrected chi connectivity index (χ3v) is 3.18. The maximum atomic E-state index is 10.2. The van der Waals surface area contributed by atoms with E-state index in [2.05, 4.69) is 5.32 Å². The van der Waals surface area contributed by atoms with Crippen LogP contribution >= 0.6 is 0 Å². The average Bonchev–Trinajstić information content (AvgIpc) is 2.57. The molecule has 0 amide bonds. The van der Waals surface area contributed by atoms with Crippen molar-refractivity contribution in [2.45, 2.75) is 0 Å². The number of benzene rings is 3. The Bertz CT molecular complexity index is 681. The molecule has 104 valence electrons. The van der Waals surface area contributed by atoms with E-state index in [1.165, 1.54) is 5.06 Å². The van der Waals surface area contributed by atoms with E-state index in [4.69, 9.17) is 0 Å². The van der Waals surface area contributed by atoms with E-state index >= 15 is 0 Å². The highest BCUT2D eigenvalue weighted by Gasteiger charge is 2.05. The van der Waals surface area contributed by atoms with Crippen LogP contribution in [0.15, 0.2) is 84.9 Å². The van der Waals surface area contributed by atoms with E-state index in [0.717, 1.165) is 22.7 Å². The highest BCUT2D eigenvalue weighted by molar-refractivity contribution is 5.65. The summed E-state index contributed by atoms with van der Waals surface area (Å²) in [5.41, 5.74) is 3.47. The van der Waals surface area contributed by atoms with Crippen molar-refractivity contribution >= 4 is 22.7 Å². The molecule has 0 unspecified atom stereocenters. The molecule has 3 rings (SSSR count). The Hall–Kier alpha value is -2.78. The van der Waals surface area contributed by atoms with Gasteiger partial charge in [0, 0.05) is 11.4 Å². The van der Waals surface area contributed by atoms with E-state index in [1.54, 1.807) is 0 Å². The van der Waals surface area contributed by atoms with Crippen LogP contribution in [0.5, 0.6) is 0 Å². The lowest BCUT2D eigenvalue weighted by atomic mass is 10.2. The zero-order valence-corrected chi connectivity index (χ0v) is 11.5. The minimum absolute atomic E-state index is 0.722. The van der Waals surface area contributed by atoms with Gasteiger partial charge in [-0.2, -0.15) is 0 Å². The Labute approximate surface area is 124 Å². The van der Waals surface area contributed by atoms with Crippen LogP contribution < -0.4 is 10.4 Å². The van der Waals surface area contributed by atoms with Crippen molar-refractivity contribution in [2.75, 3.05) is 10.4 Å². The summed E-state index contributed by atoms with van der Waals surface area (Å²) in [5, 5.41) is 14.7. The molecule has 0 saturated heterocycles. The first-order valence-corrected chi connectivity index (χ1v) is 6.79. The van der Waals surface area contributed by atoms with Gasteiger partial charge < -0.3 is 5.32 Å². The molecule has 21 heavy (non-hydrogen) atoms. The van der Waals surface area contributed by atoms with Crippen LogP contribution in [0, 0.1) is 0 Å². The molecule has 3 aromatic rings. The molecule has 3 nitrogen and oxygen atoms in total. The van der Waals surface area contributed by atoms with Crippen LogP contribution in [-0.4, -0.2) is 5.21 Å². The minimum Gasteiger partial charge on any atom is -0.356 e. The predicted molar refractivity (Wildman–Crippen MR) is 86.5 cm³/mol. The second-order valence-electron chi connectivity index (χ2n) is 4.69. The third-order valence-electron chi connectivity index (χ3n) is 3.18. The van der Waals surface area contributed by atoms with Gasteiger partial charge >= 0.3 is 0 Å². The summed E-state index contributed by atoms with van der Waals surface area (Å²) in [6.07, 6.45) is 0. The first-order chi connectivity index (χ1) is 10.3. The predicted octanol–water partition coefficient (Wildman–Crippen LogP) is 4.96. The summed E-state index contributed by atoms with van der Waals surface area (Å²) in [4.78, 5) is 0. The second kappa shape index (κ2) is 6.11. The van der Waals surface area contributed by atoms with Gasteiger partial charge in [0.1, 0.15) is 0 Å². The SMILES string of the molecule is ON(c1ccccc1)c1ccc(Nc2ccccc2)cc1. The van der Waals surface area contributed by atoms with E-state index < -0.39 is 0 Å². The molecule has 3 heteroatoms. The minimum atomic E-state index is 0.722. The highest BCUT2D eigenvalue weighted by Crippen LogP contribution is 2.25. The monoisotopic (exact) mass is 276 g/mol. The Morgan fingerprint density at radius 3 is 1.67 bits per heavy atom. The zero-order valence-electron chi connectivity index (χ0n) is 11.5. The van der Waals surface area contributed by atoms with Crippen molar-refractivity contribution in [3.63, 3.8) is 0 Å². The maximum absolute atomic E-state index is 10.2. The molecule has 0 aliphatic heterocycles. The van der Waals surface area contributed by atoms with Crippen molar-refractivity contribution in [3.8, 4) is 0 Å². The molecule has 0 bridgehead atoms. The fourth-order valence-electron chi connectivity index (χ4n) is 2.09. The molecule has 0 heterocycles. The number of nitrogens with one attached hydrogen (secondary N) is 1. The molecule has 0 radical (unpaired) electrons. The van der Waals surface area contributed by atoms with Gasteiger partial charge in [-0.25, -0.2) is 5.06 Å². The molecule has 0 fully saturated rings. The Kier molecular flexibility index (Phi) is 3.85. The van der Waals surface area contributed by atoms with E-state index in [-0.39, 0.29) is 0 Å². The molecule has 0 aromatic heterocycles. The van der Waals surface area contributed by atoms with Crippen LogP contribution in [0.4, 0.5) is 22.7 Å². The van der Waals surface area contributed by atoms with Crippen molar-refractivity contribution in [1.82, 2.24) is 0 Å². The largest absolute Gasteiger partial charge is 0.356 e. The summed E-state index contributed by atoms with van der Waals surface area (Å²) in [6.45, 7) is 0. The van der Waals surface area contributed by atoms with Crippen molar-refractivity contribution in [2.24, 2.45) is 0 Å². The third kappa shape index (κ3) is 3.22. The fraction of sp³-hybridized carbons (Fsp3) is 0. The van der Waals surface area contributed by atoms with Gasteiger partial charge in [0.05, 0.1) is 11.4 Å². The van der Waals surface area contributed by atoms with Crippen LogP contribution in [0.3, 0.4) is 0 Å². The Balaban J connectivity index is 1.75. The van der Waals surface area contributed by atoms with Gasteiger partial charge in [-0.1, -0.05) is 36.4 Å². The quantitative estimate of drug-likeness (QED) is 0.661. The summed E-state index contributed by atoms with van der Waals surface area (Å²) in [5.74, 6) is 0. The smallest absolute Gasteiger partial charge is 0.0694 e. The topological polar surface area (TPSA) is 35.5 Å². The molecule has 3 aromatic carbocycles. The molecular weight excluding hydrogens is 260 g/mol. The van der Waals surface area contributed by atoms with Crippen LogP contribution in [0.25, 0.3) is 0 Å². The first kappa shape index (κ1) is 13.2. The Morgan fingerprint density at radius 1 is 0.571 bits per heavy atom. The van der Waals surface area contributed by atoms with Gasteiger partial charge in [-0.15, -0.1) is 0 Å². The molecule has 0 aliphatic carbocycles. The molecule has 0 aliphatic rings. The van der Waals surface area contributed by atoms with E-state index in [9.17, 15) is 5.21 Å². The lowest BCUT2D eigenvalue weighted by Gasteiger charge is -2.17. The molecule has 0 atom stereocenters. The van der Waals surface area contributed by atoms with Crippen molar-refractivity contribution < 1.29 is 5.21 Å². The molecular formula is C18H16N2O. The fourth-order valence-corrected chi connectivity index (χ4v) is 2.09. The summed E-state index contributed by atoms with van der Waals surface area (Å²) < 4.78 is 0. The van der Waals surface area contributed by atoms with Crippen LogP contribution in [0.1, 0.15) is 0 Å². The number of nitrogens with zero attached hydrogens (tertiary/aromatic N) is 1. The van der Waals surface area contributed by atoms with Gasteiger partial charge in [0.25, 0.3) is 0 Å². The summed E-state index contributed by atoms with van der Waals surface area (Å²) >= 11 is 0. The summed E-state index contributed by atoms with van der Waals surface area (Å²) in [6, 6.07) is 27.0. The lowest BCUT2D eigenvalue weighted by Crippen LogP contribution is -2.09. The van der Waals surface area contributed by atoms with Crippen LogP contribution in [-0.2, 0) is 0 Å². The summed E-state index contributed by atoms with van der Waals surface area (Å²) in [7, 11) is 0. The molecule has 2 N–H and O–H groups in total. The van der Waals surface area contributed by atoms with Crippen molar-refractivity contribution in [3.05, 3.63) is 84.9 Å². The highest BCUT2D eigenvalue weighted by atomic mass is 16.5. The number of hydrogen-bond donors (Lipinski definition) is 2. The van der Waals surface area contributed by atoms with Gasteiger partial charge in [0.15, 0.2) is 0 Å². The number of hydrogen-bond acceptors (Lipinski definition) is 3. The van der Waals surface area contributed by atoms with Crippen molar-refractivity contribution in [1.29, 1.82) is 0 Å². The van der Waals surface area contributed by atoms with Crippen LogP contribution in [0.2, 0.25) is 0 Å². The first-order valence-electron chi connectivity index (χ1n) is 6.79. The molecule has 0 spiro atoms.